The Labute approximate surface area is 102 Å². The highest BCUT2D eigenvalue weighted by atomic mass is 35.5. The molecule has 4 nitrogen and oxygen atoms in total. The Morgan fingerprint density at radius 3 is 2.88 bits per heavy atom. The molecule has 0 aliphatic carbocycles. The van der Waals surface area contributed by atoms with Crippen molar-refractivity contribution in [3.63, 3.8) is 0 Å². The van der Waals surface area contributed by atoms with E-state index >= 15 is 0 Å². The molecule has 0 fully saturated rings. The second-order valence-electron chi connectivity index (χ2n) is 3.15. The summed E-state index contributed by atoms with van der Waals surface area (Å²) in [6, 6.07) is 5.55. The molecule has 2 rings (SSSR count). The lowest BCUT2D eigenvalue weighted by molar-refractivity contribution is 0.429. The van der Waals surface area contributed by atoms with Gasteiger partial charge in [-0.2, -0.15) is 0 Å². The van der Waals surface area contributed by atoms with Gasteiger partial charge >= 0.3 is 0 Å². The molecule has 0 radical (unpaired) electrons. The summed E-state index contributed by atoms with van der Waals surface area (Å²) < 4.78 is 5.28. The van der Waals surface area contributed by atoms with Crippen molar-refractivity contribution < 1.29 is 4.42 Å². The van der Waals surface area contributed by atoms with Crippen LogP contribution >= 0.6 is 23.4 Å². The van der Waals surface area contributed by atoms with Crippen LogP contribution in [-0.2, 0) is 6.54 Å². The number of hydrogen-bond acceptors (Lipinski definition) is 5. The third kappa shape index (κ3) is 2.55. The SMILES string of the molecule is Cc1nnc(Sc2ccc(Cl)cc2CN)o1. The number of halogens is 1. The van der Waals surface area contributed by atoms with E-state index in [2.05, 4.69) is 10.2 Å². The van der Waals surface area contributed by atoms with Crippen LogP contribution in [0.5, 0.6) is 0 Å². The Balaban J connectivity index is 2.27. The van der Waals surface area contributed by atoms with E-state index in [0.717, 1.165) is 10.5 Å². The predicted molar refractivity (Wildman–Crippen MR) is 62.5 cm³/mol. The summed E-state index contributed by atoms with van der Waals surface area (Å²) in [5.41, 5.74) is 6.61. The molecule has 1 aromatic heterocycles. The number of nitrogens with zero attached hydrogens (tertiary/aromatic N) is 2. The molecule has 2 N–H and O–H groups in total. The van der Waals surface area contributed by atoms with Gasteiger partial charge in [-0.15, -0.1) is 10.2 Å². The Kier molecular flexibility index (Phi) is 3.48. The fourth-order valence-corrected chi connectivity index (χ4v) is 2.26. The van der Waals surface area contributed by atoms with Crippen molar-refractivity contribution in [2.45, 2.75) is 23.6 Å². The lowest BCUT2D eigenvalue weighted by atomic mass is 10.2. The predicted octanol–water partition coefficient (Wildman–Crippen LogP) is 2.64. The minimum atomic E-state index is 0.427. The van der Waals surface area contributed by atoms with Crippen LogP contribution < -0.4 is 5.73 Å². The zero-order valence-corrected chi connectivity index (χ0v) is 10.2. The van der Waals surface area contributed by atoms with Crippen molar-refractivity contribution in [1.29, 1.82) is 0 Å². The fraction of sp³-hybridized carbons (Fsp3) is 0.200. The second kappa shape index (κ2) is 4.86. The van der Waals surface area contributed by atoms with Crippen LogP contribution in [0, 0.1) is 6.92 Å². The van der Waals surface area contributed by atoms with Crippen LogP contribution in [-0.4, -0.2) is 10.2 Å². The first kappa shape index (κ1) is 11.4. The van der Waals surface area contributed by atoms with E-state index in [1.54, 1.807) is 6.92 Å². The number of aryl methyl sites for hydroxylation is 1. The number of rotatable bonds is 3. The van der Waals surface area contributed by atoms with E-state index in [9.17, 15) is 0 Å². The van der Waals surface area contributed by atoms with Gasteiger partial charge in [-0.05, 0) is 35.5 Å². The first-order valence-corrected chi connectivity index (χ1v) is 5.85. The van der Waals surface area contributed by atoms with Crippen molar-refractivity contribution in [1.82, 2.24) is 10.2 Å². The number of hydrogen-bond donors (Lipinski definition) is 1. The van der Waals surface area contributed by atoms with E-state index in [-0.39, 0.29) is 0 Å². The summed E-state index contributed by atoms with van der Waals surface area (Å²) in [7, 11) is 0. The van der Waals surface area contributed by atoms with Crippen LogP contribution in [0.15, 0.2) is 32.7 Å². The molecular formula is C10H10ClN3OS. The third-order valence-electron chi connectivity index (χ3n) is 1.95. The Hall–Kier alpha value is -1.04. The Bertz CT molecular complexity index is 501. The van der Waals surface area contributed by atoms with E-state index in [4.69, 9.17) is 21.8 Å². The Morgan fingerprint density at radius 2 is 2.25 bits per heavy atom. The smallest absolute Gasteiger partial charge is 0.281 e. The number of nitrogens with two attached hydrogens (primary N) is 1. The molecule has 0 amide bonds. The number of aromatic nitrogens is 2. The molecule has 0 spiro atoms. The van der Waals surface area contributed by atoms with Gasteiger partial charge in [-0.3, -0.25) is 0 Å². The van der Waals surface area contributed by atoms with Gasteiger partial charge in [0, 0.05) is 23.4 Å². The van der Waals surface area contributed by atoms with Gasteiger partial charge in [-0.25, -0.2) is 0 Å². The molecule has 0 saturated carbocycles. The van der Waals surface area contributed by atoms with Crippen molar-refractivity contribution in [2.75, 3.05) is 0 Å². The molecule has 2 aromatic rings. The first-order valence-electron chi connectivity index (χ1n) is 4.65. The van der Waals surface area contributed by atoms with Crippen LogP contribution in [0.1, 0.15) is 11.5 Å². The molecule has 0 atom stereocenters. The summed E-state index contributed by atoms with van der Waals surface area (Å²) in [5, 5.41) is 8.85. The maximum atomic E-state index is 5.89. The largest absolute Gasteiger partial charge is 0.416 e. The maximum absolute atomic E-state index is 5.89. The van der Waals surface area contributed by atoms with Crippen LogP contribution in [0.4, 0.5) is 0 Å². The van der Waals surface area contributed by atoms with Crippen molar-refractivity contribution in [3.8, 4) is 0 Å². The van der Waals surface area contributed by atoms with Crippen molar-refractivity contribution in [2.24, 2.45) is 5.73 Å². The molecule has 0 aliphatic heterocycles. The van der Waals surface area contributed by atoms with Gasteiger partial charge in [0.2, 0.25) is 5.89 Å². The molecule has 0 unspecified atom stereocenters. The summed E-state index contributed by atoms with van der Waals surface area (Å²) in [6.45, 7) is 2.18. The van der Waals surface area contributed by atoms with Gasteiger partial charge in [0.25, 0.3) is 5.22 Å². The molecule has 0 bridgehead atoms. The fourth-order valence-electron chi connectivity index (χ4n) is 1.22. The average molecular weight is 256 g/mol. The van der Waals surface area contributed by atoms with Crippen molar-refractivity contribution >= 4 is 23.4 Å². The van der Waals surface area contributed by atoms with Crippen LogP contribution in [0.2, 0.25) is 5.02 Å². The molecule has 84 valence electrons. The second-order valence-corrected chi connectivity index (χ2v) is 4.57. The van der Waals surface area contributed by atoms with Crippen LogP contribution in [0.3, 0.4) is 0 Å². The zero-order chi connectivity index (χ0) is 11.5. The highest BCUT2D eigenvalue weighted by molar-refractivity contribution is 7.99. The minimum absolute atomic E-state index is 0.427. The topological polar surface area (TPSA) is 64.9 Å². The quantitative estimate of drug-likeness (QED) is 0.913. The maximum Gasteiger partial charge on any atom is 0.281 e. The van der Waals surface area contributed by atoms with Gasteiger partial charge in [0.1, 0.15) is 0 Å². The lowest BCUT2D eigenvalue weighted by Crippen LogP contribution is -1.98. The zero-order valence-electron chi connectivity index (χ0n) is 8.61. The molecule has 1 heterocycles. The normalized spacial score (nSPS) is 10.7. The first-order chi connectivity index (χ1) is 7.69. The van der Waals surface area contributed by atoms with E-state index < -0.39 is 0 Å². The standard InChI is InChI=1S/C10H10ClN3OS/c1-6-13-14-10(15-6)16-9-3-2-8(11)4-7(9)5-12/h2-4H,5,12H2,1H3. The molecule has 6 heteroatoms. The summed E-state index contributed by atoms with van der Waals surface area (Å²) in [6.07, 6.45) is 0. The average Bonchev–Trinajstić information content (AvgIpc) is 2.67. The molecular weight excluding hydrogens is 246 g/mol. The van der Waals surface area contributed by atoms with Crippen molar-refractivity contribution in [3.05, 3.63) is 34.7 Å². The third-order valence-corrected chi connectivity index (χ3v) is 3.14. The summed E-state index contributed by atoms with van der Waals surface area (Å²) in [5.74, 6) is 0.547. The summed E-state index contributed by atoms with van der Waals surface area (Å²) >= 11 is 7.28. The van der Waals surface area contributed by atoms with Gasteiger partial charge in [-0.1, -0.05) is 11.6 Å². The number of benzene rings is 1. The molecule has 1 aromatic carbocycles. The van der Waals surface area contributed by atoms with Gasteiger partial charge in [0.05, 0.1) is 0 Å². The molecule has 16 heavy (non-hydrogen) atoms. The molecule has 0 aliphatic rings. The Morgan fingerprint density at radius 1 is 1.44 bits per heavy atom. The van der Waals surface area contributed by atoms with E-state index in [0.29, 0.717) is 22.7 Å². The monoisotopic (exact) mass is 255 g/mol. The summed E-state index contributed by atoms with van der Waals surface area (Å²) in [4.78, 5) is 0.982. The van der Waals surface area contributed by atoms with E-state index in [1.165, 1.54) is 11.8 Å². The minimum Gasteiger partial charge on any atom is -0.416 e. The molecule has 0 saturated heterocycles. The van der Waals surface area contributed by atoms with E-state index in [1.807, 2.05) is 18.2 Å². The lowest BCUT2D eigenvalue weighted by Gasteiger charge is -2.04. The van der Waals surface area contributed by atoms with Gasteiger partial charge < -0.3 is 10.2 Å². The van der Waals surface area contributed by atoms with Crippen LogP contribution in [0.25, 0.3) is 0 Å². The van der Waals surface area contributed by atoms with Gasteiger partial charge in [0.15, 0.2) is 0 Å². The highest BCUT2D eigenvalue weighted by Crippen LogP contribution is 2.30. The highest BCUT2D eigenvalue weighted by Gasteiger charge is 2.08.